The van der Waals surface area contributed by atoms with Crippen molar-refractivity contribution >= 4 is 27.7 Å². The number of rotatable bonds is 4. The Bertz CT molecular complexity index is 816. The Morgan fingerprint density at radius 2 is 1.88 bits per heavy atom. The second-order valence-corrected chi connectivity index (χ2v) is 6.07. The van der Waals surface area contributed by atoms with Gasteiger partial charge in [0.05, 0.1) is 6.20 Å². The van der Waals surface area contributed by atoms with Gasteiger partial charge in [0.25, 0.3) is 0 Å². The van der Waals surface area contributed by atoms with Crippen LogP contribution in [0, 0.1) is 0 Å². The summed E-state index contributed by atoms with van der Waals surface area (Å²) >= 11 is 3.38. The molecule has 0 aliphatic rings. The molecule has 0 saturated heterocycles. The van der Waals surface area contributed by atoms with Crippen LogP contribution in [-0.2, 0) is 4.74 Å². The lowest BCUT2D eigenvalue weighted by atomic mass is 10.1. The van der Waals surface area contributed by atoms with Crippen molar-refractivity contribution in [3.63, 3.8) is 0 Å². The summed E-state index contributed by atoms with van der Waals surface area (Å²) in [5.74, 6) is 0.479. The van der Waals surface area contributed by atoms with E-state index in [9.17, 15) is 4.79 Å². The molecule has 6 heteroatoms. The number of anilines is 1. The van der Waals surface area contributed by atoms with E-state index in [1.54, 1.807) is 0 Å². The normalized spacial score (nSPS) is 11.8. The van der Waals surface area contributed by atoms with Crippen LogP contribution in [0.3, 0.4) is 0 Å². The first-order chi connectivity index (χ1) is 11.6. The minimum absolute atomic E-state index is 0.359. The van der Waals surface area contributed by atoms with Crippen molar-refractivity contribution in [2.45, 2.75) is 13.0 Å². The molecule has 3 aromatic rings. The number of carbonyl (C=O) groups excluding carboxylic acids is 1. The molecule has 0 fully saturated rings. The van der Waals surface area contributed by atoms with E-state index in [4.69, 9.17) is 9.26 Å². The van der Waals surface area contributed by atoms with Crippen LogP contribution in [0.4, 0.5) is 10.5 Å². The Labute approximate surface area is 147 Å². The highest BCUT2D eigenvalue weighted by Gasteiger charge is 2.16. The van der Waals surface area contributed by atoms with Crippen molar-refractivity contribution in [3.05, 3.63) is 70.8 Å². The van der Waals surface area contributed by atoms with E-state index in [0.29, 0.717) is 11.4 Å². The number of benzene rings is 2. The SMILES string of the molecule is CC(OC(=O)Nc1cnoc1-c1ccc(Br)cc1)c1ccccc1. The average molecular weight is 387 g/mol. The highest BCUT2D eigenvalue weighted by Crippen LogP contribution is 2.29. The van der Waals surface area contributed by atoms with Crippen LogP contribution >= 0.6 is 15.9 Å². The van der Waals surface area contributed by atoms with Crippen LogP contribution in [0.5, 0.6) is 0 Å². The van der Waals surface area contributed by atoms with Crippen molar-refractivity contribution in [1.82, 2.24) is 5.16 Å². The van der Waals surface area contributed by atoms with Gasteiger partial charge in [-0.3, -0.25) is 5.32 Å². The molecule has 24 heavy (non-hydrogen) atoms. The second-order valence-electron chi connectivity index (χ2n) is 5.16. The molecule has 5 nitrogen and oxygen atoms in total. The van der Waals surface area contributed by atoms with E-state index >= 15 is 0 Å². The number of nitrogens with one attached hydrogen (secondary N) is 1. The van der Waals surface area contributed by atoms with Gasteiger partial charge in [0.2, 0.25) is 0 Å². The van der Waals surface area contributed by atoms with Gasteiger partial charge in [0.15, 0.2) is 5.76 Å². The van der Waals surface area contributed by atoms with Crippen molar-refractivity contribution in [3.8, 4) is 11.3 Å². The maximum Gasteiger partial charge on any atom is 0.412 e. The van der Waals surface area contributed by atoms with Gasteiger partial charge in [-0.25, -0.2) is 4.79 Å². The minimum atomic E-state index is -0.562. The smallest absolute Gasteiger partial charge is 0.412 e. The van der Waals surface area contributed by atoms with Crippen molar-refractivity contribution in [2.24, 2.45) is 0 Å². The molecule has 1 atom stereocenters. The van der Waals surface area contributed by atoms with E-state index in [2.05, 4.69) is 26.4 Å². The largest absolute Gasteiger partial charge is 0.441 e. The van der Waals surface area contributed by atoms with Crippen LogP contribution in [0.2, 0.25) is 0 Å². The fourth-order valence-corrected chi connectivity index (χ4v) is 2.49. The standard InChI is InChI=1S/C18H15BrN2O3/c1-12(13-5-3-2-4-6-13)23-18(22)21-16-11-20-24-17(16)14-7-9-15(19)10-8-14/h2-12H,1H3,(H,21,22). The Hall–Kier alpha value is -2.60. The van der Waals surface area contributed by atoms with Crippen LogP contribution in [0.15, 0.2) is 69.8 Å². The summed E-state index contributed by atoms with van der Waals surface area (Å²) in [5.41, 5.74) is 2.19. The van der Waals surface area contributed by atoms with Crippen molar-refractivity contribution in [2.75, 3.05) is 5.32 Å². The molecule has 0 bridgehead atoms. The fourth-order valence-electron chi connectivity index (χ4n) is 2.23. The van der Waals surface area contributed by atoms with Crippen LogP contribution in [0.25, 0.3) is 11.3 Å². The Balaban J connectivity index is 1.69. The summed E-state index contributed by atoms with van der Waals surface area (Å²) < 4.78 is 11.6. The monoisotopic (exact) mass is 386 g/mol. The second kappa shape index (κ2) is 7.31. The molecule has 1 N–H and O–H groups in total. The first-order valence-electron chi connectivity index (χ1n) is 7.36. The molecule has 1 unspecified atom stereocenters. The van der Waals surface area contributed by atoms with E-state index in [0.717, 1.165) is 15.6 Å². The summed E-state index contributed by atoms with van der Waals surface area (Å²) in [6, 6.07) is 17.0. The zero-order chi connectivity index (χ0) is 16.9. The summed E-state index contributed by atoms with van der Waals surface area (Å²) in [6.07, 6.45) is 0.529. The zero-order valence-electron chi connectivity index (χ0n) is 12.9. The van der Waals surface area contributed by atoms with Crippen LogP contribution in [-0.4, -0.2) is 11.2 Å². The molecular weight excluding hydrogens is 372 g/mol. The van der Waals surface area contributed by atoms with Crippen LogP contribution < -0.4 is 5.32 Å². The van der Waals surface area contributed by atoms with Gasteiger partial charge < -0.3 is 9.26 Å². The first kappa shape index (κ1) is 16.3. The summed E-state index contributed by atoms with van der Waals surface area (Å²) in [5, 5.41) is 6.43. The van der Waals surface area contributed by atoms with Crippen molar-refractivity contribution in [1.29, 1.82) is 0 Å². The molecule has 3 rings (SSSR count). The van der Waals surface area contributed by atoms with Crippen molar-refractivity contribution < 1.29 is 14.1 Å². The van der Waals surface area contributed by atoms with Crippen LogP contribution in [0.1, 0.15) is 18.6 Å². The van der Waals surface area contributed by atoms with Gasteiger partial charge >= 0.3 is 6.09 Å². The Kier molecular flexibility index (Phi) is 4.96. The highest BCUT2D eigenvalue weighted by molar-refractivity contribution is 9.10. The van der Waals surface area contributed by atoms with Gasteiger partial charge in [0, 0.05) is 10.0 Å². The minimum Gasteiger partial charge on any atom is -0.441 e. The van der Waals surface area contributed by atoms with Gasteiger partial charge in [0.1, 0.15) is 11.8 Å². The average Bonchev–Trinajstić information content (AvgIpc) is 3.04. The molecule has 1 amide bonds. The molecule has 122 valence electrons. The number of ether oxygens (including phenoxy) is 1. The third-order valence-corrected chi connectivity index (χ3v) is 4.00. The topological polar surface area (TPSA) is 64.4 Å². The van der Waals surface area contributed by atoms with Gasteiger partial charge in [-0.2, -0.15) is 0 Å². The molecule has 0 aliphatic heterocycles. The lowest BCUT2D eigenvalue weighted by Gasteiger charge is -2.13. The number of nitrogens with zero attached hydrogens (tertiary/aromatic N) is 1. The molecule has 0 aliphatic carbocycles. The molecule has 2 aromatic carbocycles. The molecule has 0 radical (unpaired) electrons. The number of hydrogen-bond donors (Lipinski definition) is 1. The predicted octanol–water partition coefficient (Wildman–Crippen LogP) is 5.41. The fraction of sp³-hybridized carbons (Fsp3) is 0.111. The summed E-state index contributed by atoms with van der Waals surface area (Å²) in [7, 11) is 0. The molecule has 0 spiro atoms. The Morgan fingerprint density at radius 1 is 1.17 bits per heavy atom. The maximum atomic E-state index is 12.1. The lowest BCUT2D eigenvalue weighted by Crippen LogP contribution is -2.16. The Morgan fingerprint density at radius 3 is 2.58 bits per heavy atom. The quantitative estimate of drug-likeness (QED) is 0.650. The predicted molar refractivity (Wildman–Crippen MR) is 94.6 cm³/mol. The first-order valence-corrected chi connectivity index (χ1v) is 8.16. The van der Waals surface area contributed by atoms with E-state index < -0.39 is 6.09 Å². The van der Waals surface area contributed by atoms with E-state index in [1.165, 1.54) is 6.20 Å². The van der Waals surface area contributed by atoms with E-state index in [1.807, 2.05) is 61.5 Å². The summed E-state index contributed by atoms with van der Waals surface area (Å²) in [6.45, 7) is 1.82. The number of hydrogen-bond acceptors (Lipinski definition) is 4. The number of carbonyl (C=O) groups is 1. The lowest BCUT2D eigenvalue weighted by molar-refractivity contribution is 0.121. The maximum absolute atomic E-state index is 12.1. The zero-order valence-corrected chi connectivity index (χ0v) is 14.5. The summed E-state index contributed by atoms with van der Waals surface area (Å²) in [4.78, 5) is 12.1. The number of halogens is 1. The molecular formula is C18H15BrN2O3. The molecule has 1 aromatic heterocycles. The number of aromatic nitrogens is 1. The highest BCUT2D eigenvalue weighted by atomic mass is 79.9. The van der Waals surface area contributed by atoms with Gasteiger partial charge in [-0.1, -0.05) is 51.4 Å². The van der Waals surface area contributed by atoms with E-state index in [-0.39, 0.29) is 6.10 Å². The molecule has 1 heterocycles. The molecule has 0 saturated carbocycles. The van der Waals surface area contributed by atoms with Gasteiger partial charge in [-0.15, -0.1) is 0 Å². The van der Waals surface area contributed by atoms with Gasteiger partial charge in [-0.05, 0) is 36.8 Å². The third kappa shape index (κ3) is 3.83. The number of amides is 1. The third-order valence-electron chi connectivity index (χ3n) is 3.47.